The van der Waals surface area contributed by atoms with Gasteiger partial charge in [-0.1, -0.05) is 12.1 Å². The number of aromatic hydroxyl groups is 1. The van der Waals surface area contributed by atoms with E-state index in [1.807, 2.05) is 22.6 Å². The van der Waals surface area contributed by atoms with Gasteiger partial charge in [0.2, 0.25) is 0 Å². The van der Waals surface area contributed by atoms with Crippen LogP contribution in [0.25, 0.3) is 0 Å². The summed E-state index contributed by atoms with van der Waals surface area (Å²) >= 11 is 2.05. The number of anilines is 2. The van der Waals surface area contributed by atoms with Gasteiger partial charge in [0.1, 0.15) is 5.75 Å². The van der Waals surface area contributed by atoms with Crippen molar-refractivity contribution in [2.24, 2.45) is 0 Å². The van der Waals surface area contributed by atoms with Gasteiger partial charge >= 0.3 is 5.97 Å². The molecule has 4 N–H and O–H groups in total. The Bertz CT molecular complexity index is 718. The highest BCUT2D eigenvalue weighted by molar-refractivity contribution is 14.1. The lowest BCUT2D eigenvalue weighted by Crippen LogP contribution is -2.21. The van der Waals surface area contributed by atoms with E-state index in [0.29, 0.717) is 0 Å². The van der Waals surface area contributed by atoms with Gasteiger partial charge in [-0.2, -0.15) is 0 Å². The van der Waals surface area contributed by atoms with E-state index in [-0.39, 0.29) is 22.7 Å². The fourth-order valence-electron chi connectivity index (χ4n) is 1.68. The van der Waals surface area contributed by atoms with Crippen LogP contribution in [0.1, 0.15) is 10.4 Å². The minimum Gasteiger partial charge on any atom is -0.506 e. The second-order valence-electron chi connectivity index (χ2n) is 4.37. The predicted molar refractivity (Wildman–Crippen MR) is 90.6 cm³/mol. The molecule has 0 aliphatic rings. The van der Waals surface area contributed by atoms with Gasteiger partial charge in [-0.05, 0) is 52.9 Å². The highest BCUT2D eigenvalue weighted by Gasteiger charge is 2.14. The number of hydrogen-bond donors (Lipinski definition) is 3. The Balaban J connectivity index is 1.95. The molecule has 0 aromatic heterocycles. The first kappa shape index (κ1) is 16.1. The summed E-state index contributed by atoms with van der Waals surface area (Å²) in [7, 11) is 0. The van der Waals surface area contributed by atoms with Crippen molar-refractivity contribution >= 4 is 45.8 Å². The molecule has 2 aromatic carbocycles. The van der Waals surface area contributed by atoms with E-state index in [1.165, 1.54) is 12.1 Å². The fraction of sp³-hybridized carbons (Fsp3) is 0.0667. The van der Waals surface area contributed by atoms with Crippen LogP contribution in [0, 0.1) is 3.57 Å². The monoisotopic (exact) mass is 412 g/mol. The predicted octanol–water partition coefficient (Wildman–Crippen LogP) is 2.37. The summed E-state index contributed by atoms with van der Waals surface area (Å²) in [4.78, 5) is 23.6. The Kier molecular flexibility index (Phi) is 5.21. The molecule has 114 valence electrons. The molecule has 0 saturated heterocycles. The Labute approximate surface area is 140 Å². The molecule has 0 heterocycles. The van der Waals surface area contributed by atoms with Crippen LogP contribution < -0.4 is 11.1 Å². The van der Waals surface area contributed by atoms with E-state index in [2.05, 4.69) is 5.32 Å². The van der Waals surface area contributed by atoms with Gasteiger partial charge in [-0.25, -0.2) is 4.79 Å². The molecule has 0 aliphatic carbocycles. The minimum atomic E-state index is -0.677. The van der Waals surface area contributed by atoms with Crippen LogP contribution in [0.2, 0.25) is 0 Å². The molecule has 22 heavy (non-hydrogen) atoms. The quantitative estimate of drug-likeness (QED) is 0.310. The number of para-hydroxylation sites is 2. The zero-order valence-corrected chi connectivity index (χ0v) is 13.5. The van der Waals surface area contributed by atoms with Gasteiger partial charge in [0.25, 0.3) is 5.91 Å². The van der Waals surface area contributed by atoms with Crippen molar-refractivity contribution in [3.05, 3.63) is 51.6 Å². The number of ether oxygens (including phenoxy) is 1. The summed E-state index contributed by atoms with van der Waals surface area (Å²) in [6.45, 7) is -0.474. The van der Waals surface area contributed by atoms with Crippen molar-refractivity contribution in [3.63, 3.8) is 0 Å². The number of halogens is 1. The first-order valence-electron chi connectivity index (χ1n) is 6.27. The standard InChI is InChI=1S/C15H13IN2O4/c16-9-5-6-11(17)10(7-9)15(21)22-8-14(20)18-12-3-1-2-4-13(12)19/h1-7,19H,8,17H2,(H,18,20). The maximum atomic E-state index is 11.9. The van der Waals surface area contributed by atoms with Crippen LogP contribution in [0.15, 0.2) is 42.5 Å². The number of hydrogen-bond acceptors (Lipinski definition) is 5. The SMILES string of the molecule is Nc1ccc(I)cc1C(=O)OCC(=O)Nc1ccccc1O. The number of nitrogens with two attached hydrogens (primary N) is 1. The van der Waals surface area contributed by atoms with Gasteiger partial charge < -0.3 is 20.9 Å². The van der Waals surface area contributed by atoms with Crippen LogP contribution in [0.4, 0.5) is 11.4 Å². The molecular formula is C15H13IN2O4. The van der Waals surface area contributed by atoms with E-state index in [1.54, 1.807) is 30.3 Å². The third kappa shape index (κ3) is 4.10. The molecular weight excluding hydrogens is 399 g/mol. The van der Waals surface area contributed by atoms with Crippen LogP contribution in [-0.2, 0) is 9.53 Å². The summed E-state index contributed by atoms with van der Waals surface area (Å²) < 4.78 is 5.75. The van der Waals surface area contributed by atoms with Gasteiger partial charge in [0.15, 0.2) is 6.61 Å². The number of nitrogens with one attached hydrogen (secondary N) is 1. The molecule has 0 bridgehead atoms. The van der Waals surface area contributed by atoms with E-state index >= 15 is 0 Å². The highest BCUT2D eigenvalue weighted by Crippen LogP contribution is 2.21. The molecule has 0 radical (unpaired) electrons. The topological polar surface area (TPSA) is 102 Å². The zero-order valence-electron chi connectivity index (χ0n) is 11.4. The summed E-state index contributed by atoms with van der Waals surface area (Å²) in [6.07, 6.45) is 0. The molecule has 1 amide bonds. The van der Waals surface area contributed by atoms with Crippen LogP contribution in [0.5, 0.6) is 5.75 Å². The lowest BCUT2D eigenvalue weighted by molar-refractivity contribution is -0.119. The van der Waals surface area contributed by atoms with Crippen molar-refractivity contribution in [2.45, 2.75) is 0 Å². The zero-order chi connectivity index (χ0) is 16.1. The maximum Gasteiger partial charge on any atom is 0.340 e. The smallest absolute Gasteiger partial charge is 0.340 e. The third-order valence-corrected chi connectivity index (χ3v) is 3.42. The van der Waals surface area contributed by atoms with Gasteiger partial charge in [-0.3, -0.25) is 4.79 Å². The molecule has 2 rings (SSSR count). The van der Waals surface area contributed by atoms with Crippen molar-refractivity contribution in [2.75, 3.05) is 17.7 Å². The maximum absolute atomic E-state index is 11.9. The van der Waals surface area contributed by atoms with Crippen molar-refractivity contribution in [1.29, 1.82) is 0 Å². The van der Waals surface area contributed by atoms with Crippen molar-refractivity contribution in [3.8, 4) is 5.75 Å². The average Bonchev–Trinajstić information content (AvgIpc) is 2.49. The number of esters is 1. The summed E-state index contributed by atoms with van der Waals surface area (Å²) in [5.74, 6) is -1.30. The molecule has 6 nitrogen and oxygen atoms in total. The van der Waals surface area contributed by atoms with E-state index in [9.17, 15) is 14.7 Å². The van der Waals surface area contributed by atoms with Crippen LogP contribution in [0.3, 0.4) is 0 Å². The van der Waals surface area contributed by atoms with E-state index in [4.69, 9.17) is 10.5 Å². The number of carbonyl (C=O) groups excluding carboxylic acids is 2. The normalized spacial score (nSPS) is 10.0. The van der Waals surface area contributed by atoms with E-state index in [0.717, 1.165) is 3.57 Å². The Morgan fingerprint density at radius 2 is 1.95 bits per heavy atom. The summed E-state index contributed by atoms with van der Waals surface area (Å²) in [6, 6.07) is 11.2. The number of nitrogen functional groups attached to an aromatic ring is 1. The third-order valence-electron chi connectivity index (χ3n) is 2.75. The molecule has 0 unspecified atom stereocenters. The Morgan fingerprint density at radius 1 is 1.23 bits per heavy atom. The lowest BCUT2D eigenvalue weighted by Gasteiger charge is -2.09. The molecule has 7 heteroatoms. The fourth-order valence-corrected chi connectivity index (χ4v) is 2.17. The van der Waals surface area contributed by atoms with Crippen molar-refractivity contribution in [1.82, 2.24) is 0 Å². The highest BCUT2D eigenvalue weighted by atomic mass is 127. The molecule has 0 fully saturated rings. The lowest BCUT2D eigenvalue weighted by atomic mass is 10.2. The van der Waals surface area contributed by atoms with Crippen LogP contribution in [-0.4, -0.2) is 23.6 Å². The van der Waals surface area contributed by atoms with Gasteiger partial charge in [0, 0.05) is 9.26 Å². The molecule has 2 aromatic rings. The molecule has 0 saturated carbocycles. The largest absolute Gasteiger partial charge is 0.506 e. The average molecular weight is 412 g/mol. The number of phenols is 1. The Hall–Kier alpha value is -2.29. The minimum absolute atomic E-state index is 0.0657. The number of rotatable bonds is 4. The second-order valence-corrected chi connectivity index (χ2v) is 5.62. The first-order chi connectivity index (χ1) is 10.5. The number of benzene rings is 2. The Morgan fingerprint density at radius 3 is 2.68 bits per heavy atom. The number of phenolic OH excluding ortho intramolecular Hbond substituents is 1. The van der Waals surface area contributed by atoms with Gasteiger partial charge in [-0.15, -0.1) is 0 Å². The van der Waals surface area contributed by atoms with E-state index < -0.39 is 18.5 Å². The van der Waals surface area contributed by atoms with Crippen LogP contribution >= 0.6 is 22.6 Å². The number of carbonyl (C=O) groups is 2. The summed E-state index contributed by atoms with van der Waals surface area (Å²) in [5.41, 5.74) is 6.44. The number of amides is 1. The van der Waals surface area contributed by atoms with Crippen molar-refractivity contribution < 1.29 is 19.4 Å². The molecule has 0 atom stereocenters. The van der Waals surface area contributed by atoms with Gasteiger partial charge in [0.05, 0.1) is 11.3 Å². The molecule has 0 aliphatic heterocycles. The molecule has 0 spiro atoms. The summed E-state index contributed by atoms with van der Waals surface area (Å²) in [5, 5.41) is 12.0. The second kappa shape index (κ2) is 7.12. The first-order valence-corrected chi connectivity index (χ1v) is 7.35.